The van der Waals surface area contributed by atoms with Crippen LogP contribution in [0.1, 0.15) is 39.7 Å². The van der Waals surface area contributed by atoms with E-state index < -0.39 is 10.0 Å². The van der Waals surface area contributed by atoms with E-state index in [2.05, 4.69) is 15.5 Å². The van der Waals surface area contributed by atoms with Crippen molar-refractivity contribution in [2.24, 2.45) is 0 Å². The second-order valence-electron chi connectivity index (χ2n) is 7.00. The summed E-state index contributed by atoms with van der Waals surface area (Å²) >= 11 is 1.33. The zero-order valence-electron chi connectivity index (χ0n) is 16.2. The summed E-state index contributed by atoms with van der Waals surface area (Å²) < 4.78 is 28.5. The van der Waals surface area contributed by atoms with Crippen molar-refractivity contribution in [3.8, 4) is 0 Å². The van der Waals surface area contributed by atoms with Crippen LogP contribution in [-0.2, 0) is 14.8 Å². The Morgan fingerprint density at radius 2 is 1.79 bits per heavy atom. The van der Waals surface area contributed by atoms with Gasteiger partial charge in [0, 0.05) is 24.8 Å². The molecule has 3 rings (SSSR count). The molecule has 1 aromatic carbocycles. The first kappa shape index (κ1) is 20.8. The lowest BCUT2D eigenvalue weighted by Crippen LogP contribution is -2.27. The first-order chi connectivity index (χ1) is 13.3. The molecule has 1 N–H and O–H groups in total. The van der Waals surface area contributed by atoms with E-state index in [0.717, 1.165) is 12.8 Å². The van der Waals surface area contributed by atoms with Gasteiger partial charge in [-0.25, -0.2) is 8.42 Å². The largest absolute Gasteiger partial charge is 0.325 e. The SMILES string of the molecule is CC(C)n1cnnc1S[C@H](C)C(=O)Nc1ccc(S(=O)(=O)N2CCCC2)cc1. The molecule has 0 bridgehead atoms. The van der Waals surface area contributed by atoms with Crippen LogP contribution < -0.4 is 5.32 Å². The summed E-state index contributed by atoms with van der Waals surface area (Å²) in [5, 5.41) is 11.1. The maximum absolute atomic E-state index is 12.6. The molecule has 1 atom stereocenters. The van der Waals surface area contributed by atoms with Crippen LogP contribution in [0, 0.1) is 0 Å². The molecule has 152 valence electrons. The topological polar surface area (TPSA) is 97.2 Å². The molecule has 1 saturated heterocycles. The van der Waals surface area contributed by atoms with Crippen LogP contribution in [0.4, 0.5) is 5.69 Å². The summed E-state index contributed by atoms with van der Waals surface area (Å²) in [7, 11) is -3.45. The molecule has 28 heavy (non-hydrogen) atoms. The molecule has 0 aliphatic carbocycles. The number of sulfonamides is 1. The van der Waals surface area contributed by atoms with Crippen LogP contribution in [0.15, 0.2) is 40.6 Å². The molecule has 1 aliphatic heterocycles. The minimum absolute atomic E-state index is 0.182. The van der Waals surface area contributed by atoms with Crippen molar-refractivity contribution < 1.29 is 13.2 Å². The third-order valence-corrected chi connectivity index (χ3v) is 7.56. The Morgan fingerprint density at radius 1 is 1.14 bits per heavy atom. The number of benzene rings is 1. The number of thioether (sulfide) groups is 1. The maximum atomic E-state index is 12.6. The molecule has 1 aliphatic rings. The minimum atomic E-state index is -3.45. The van der Waals surface area contributed by atoms with Gasteiger partial charge in [0.15, 0.2) is 5.16 Å². The maximum Gasteiger partial charge on any atom is 0.243 e. The van der Waals surface area contributed by atoms with Crippen molar-refractivity contribution in [1.29, 1.82) is 0 Å². The molecule has 0 spiro atoms. The molecule has 8 nitrogen and oxygen atoms in total. The van der Waals surface area contributed by atoms with E-state index in [1.54, 1.807) is 25.4 Å². The van der Waals surface area contributed by atoms with E-state index in [1.807, 2.05) is 18.4 Å². The third kappa shape index (κ3) is 4.56. The number of amides is 1. The number of rotatable bonds is 7. The Bertz CT molecular complexity index is 919. The van der Waals surface area contributed by atoms with Crippen LogP contribution in [0.3, 0.4) is 0 Å². The van der Waals surface area contributed by atoms with Gasteiger partial charge in [-0.05, 0) is 57.9 Å². The number of hydrogen-bond donors (Lipinski definition) is 1. The molecule has 2 heterocycles. The summed E-state index contributed by atoms with van der Waals surface area (Å²) in [4.78, 5) is 12.7. The summed E-state index contributed by atoms with van der Waals surface area (Å²) in [6, 6.07) is 6.52. The number of carbonyl (C=O) groups excluding carboxylic acids is 1. The highest BCUT2D eigenvalue weighted by Gasteiger charge is 2.27. The van der Waals surface area contributed by atoms with Gasteiger partial charge in [0.2, 0.25) is 15.9 Å². The van der Waals surface area contributed by atoms with Gasteiger partial charge in [0.1, 0.15) is 6.33 Å². The van der Waals surface area contributed by atoms with E-state index in [1.165, 1.54) is 28.2 Å². The van der Waals surface area contributed by atoms with Gasteiger partial charge in [-0.3, -0.25) is 4.79 Å². The van der Waals surface area contributed by atoms with Gasteiger partial charge < -0.3 is 9.88 Å². The quantitative estimate of drug-likeness (QED) is 0.688. The normalized spacial score (nSPS) is 16.4. The Kier molecular flexibility index (Phi) is 6.41. The Hall–Kier alpha value is -1.91. The fourth-order valence-corrected chi connectivity index (χ4v) is 5.39. The lowest BCUT2D eigenvalue weighted by molar-refractivity contribution is -0.115. The molecule has 0 unspecified atom stereocenters. The van der Waals surface area contributed by atoms with E-state index in [-0.39, 0.29) is 22.1 Å². The molecular formula is C18H25N5O3S2. The van der Waals surface area contributed by atoms with Gasteiger partial charge in [0.25, 0.3) is 0 Å². The van der Waals surface area contributed by atoms with E-state index in [0.29, 0.717) is 23.9 Å². The van der Waals surface area contributed by atoms with Crippen molar-refractivity contribution in [2.45, 2.75) is 55.0 Å². The smallest absolute Gasteiger partial charge is 0.243 e. The van der Waals surface area contributed by atoms with Gasteiger partial charge in [-0.15, -0.1) is 10.2 Å². The lowest BCUT2D eigenvalue weighted by Gasteiger charge is -2.16. The standard InChI is InChI=1S/C18H25N5O3S2/c1-13(2)23-12-19-21-18(23)27-14(3)17(24)20-15-6-8-16(9-7-15)28(25,26)22-10-4-5-11-22/h6-9,12-14H,4-5,10-11H2,1-3H3,(H,20,24)/t14-/m1/s1. The first-order valence-corrected chi connectivity index (χ1v) is 11.6. The third-order valence-electron chi connectivity index (χ3n) is 4.57. The van der Waals surface area contributed by atoms with Crippen LogP contribution in [-0.4, -0.2) is 51.7 Å². The fraction of sp³-hybridized carbons (Fsp3) is 0.500. The second-order valence-corrected chi connectivity index (χ2v) is 10.2. The summed E-state index contributed by atoms with van der Waals surface area (Å²) in [5.74, 6) is -0.182. The number of aromatic nitrogens is 3. The predicted molar refractivity (Wildman–Crippen MR) is 109 cm³/mol. The number of hydrogen-bond acceptors (Lipinski definition) is 6. The van der Waals surface area contributed by atoms with Crippen molar-refractivity contribution in [1.82, 2.24) is 19.1 Å². The molecule has 10 heteroatoms. The zero-order chi connectivity index (χ0) is 20.3. The minimum Gasteiger partial charge on any atom is -0.325 e. The highest BCUT2D eigenvalue weighted by atomic mass is 32.2. The summed E-state index contributed by atoms with van der Waals surface area (Å²) in [5.41, 5.74) is 0.558. The fourth-order valence-electron chi connectivity index (χ4n) is 2.91. The van der Waals surface area contributed by atoms with Crippen molar-refractivity contribution >= 4 is 33.4 Å². The van der Waals surface area contributed by atoms with Gasteiger partial charge in [0.05, 0.1) is 10.1 Å². The summed E-state index contributed by atoms with van der Waals surface area (Å²) in [6.07, 6.45) is 3.44. The predicted octanol–water partition coefficient (Wildman–Crippen LogP) is 2.76. The number of nitrogens with zero attached hydrogens (tertiary/aromatic N) is 4. The Balaban J connectivity index is 1.63. The monoisotopic (exact) mass is 423 g/mol. The highest BCUT2D eigenvalue weighted by Crippen LogP contribution is 2.25. The average molecular weight is 424 g/mol. The van der Waals surface area contributed by atoms with Crippen LogP contribution in [0.2, 0.25) is 0 Å². The van der Waals surface area contributed by atoms with Crippen molar-refractivity contribution in [2.75, 3.05) is 18.4 Å². The van der Waals surface area contributed by atoms with Crippen molar-refractivity contribution in [3.05, 3.63) is 30.6 Å². The Labute approximate surface area is 169 Å². The summed E-state index contributed by atoms with van der Waals surface area (Å²) in [6.45, 7) is 6.98. The number of nitrogens with one attached hydrogen (secondary N) is 1. The second kappa shape index (κ2) is 8.62. The molecular weight excluding hydrogens is 398 g/mol. The van der Waals surface area contributed by atoms with E-state index >= 15 is 0 Å². The molecule has 2 aromatic rings. The highest BCUT2D eigenvalue weighted by molar-refractivity contribution is 8.00. The van der Waals surface area contributed by atoms with Crippen LogP contribution in [0.25, 0.3) is 0 Å². The van der Waals surface area contributed by atoms with E-state index in [4.69, 9.17) is 0 Å². The Morgan fingerprint density at radius 3 is 2.39 bits per heavy atom. The zero-order valence-corrected chi connectivity index (χ0v) is 17.8. The first-order valence-electron chi connectivity index (χ1n) is 9.26. The van der Waals surface area contributed by atoms with Crippen LogP contribution in [0.5, 0.6) is 0 Å². The molecule has 0 saturated carbocycles. The van der Waals surface area contributed by atoms with Gasteiger partial charge in [-0.1, -0.05) is 11.8 Å². The van der Waals surface area contributed by atoms with Crippen molar-refractivity contribution in [3.63, 3.8) is 0 Å². The average Bonchev–Trinajstić information content (AvgIpc) is 3.34. The molecule has 1 amide bonds. The van der Waals surface area contributed by atoms with Gasteiger partial charge in [-0.2, -0.15) is 4.31 Å². The lowest BCUT2D eigenvalue weighted by atomic mass is 10.3. The van der Waals surface area contributed by atoms with E-state index in [9.17, 15) is 13.2 Å². The molecule has 1 aromatic heterocycles. The van der Waals surface area contributed by atoms with Gasteiger partial charge >= 0.3 is 0 Å². The number of carbonyl (C=O) groups is 1. The number of anilines is 1. The van der Waals surface area contributed by atoms with Crippen LogP contribution >= 0.6 is 11.8 Å². The molecule has 0 radical (unpaired) electrons. The molecule has 1 fully saturated rings.